The van der Waals surface area contributed by atoms with E-state index in [1.165, 1.54) is 0 Å². The van der Waals surface area contributed by atoms with E-state index in [0.717, 1.165) is 32.5 Å². The van der Waals surface area contributed by atoms with Crippen molar-refractivity contribution in [1.82, 2.24) is 9.80 Å². The third-order valence-corrected chi connectivity index (χ3v) is 3.14. The Morgan fingerprint density at radius 3 is 2.50 bits per heavy atom. The Balaban J connectivity index is 2.34. The van der Waals surface area contributed by atoms with Crippen molar-refractivity contribution in [2.75, 3.05) is 46.4 Å². The normalized spacial score (nSPS) is 18.4. The second-order valence-electron chi connectivity index (χ2n) is 4.57. The Hall–Kier alpha value is -0.650. The summed E-state index contributed by atoms with van der Waals surface area (Å²) < 4.78 is 11.0. The van der Waals surface area contributed by atoms with Crippen LogP contribution in [0, 0.1) is 0 Å². The van der Waals surface area contributed by atoms with Crippen molar-refractivity contribution < 1.29 is 14.3 Å². The van der Waals surface area contributed by atoms with Gasteiger partial charge >= 0.3 is 0 Å². The first-order valence-corrected chi connectivity index (χ1v) is 6.86. The molecule has 1 aliphatic heterocycles. The van der Waals surface area contributed by atoms with Crippen LogP contribution in [0.2, 0.25) is 0 Å². The third-order valence-electron chi connectivity index (χ3n) is 3.14. The van der Waals surface area contributed by atoms with Crippen molar-refractivity contribution >= 4 is 5.91 Å². The molecule has 0 saturated carbocycles. The molecule has 0 aromatic heterocycles. The molecule has 1 rings (SSSR count). The zero-order chi connectivity index (χ0) is 13.4. The van der Waals surface area contributed by atoms with Crippen LogP contribution >= 0.6 is 0 Å². The lowest BCUT2D eigenvalue weighted by Crippen LogP contribution is -2.36. The van der Waals surface area contributed by atoms with Gasteiger partial charge in [-0.3, -0.25) is 9.69 Å². The summed E-state index contributed by atoms with van der Waals surface area (Å²) in [5.41, 5.74) is 0. The van der Waals surface area contributed by atoms with Crippen LogP contribution in [0.4, 0.5) is 0 Å². The fraction of sp³-hybridized carbons (Fsp3) is 0.923. The standard InChI is InChI=1S/C13H26N2O3/c1-4-17-13(18-5-2)7-10-15-9-6-8-14(3)12(16)11-15/h13H,4-11H2,1-3H3. The average Bonchev–Trinajstić information content (AvgIpc) is 2.50. The summed E-state index contributed by atoms with van der Waals surface area (Å²) in [6.07, 6.45) is 1.71. The lowest BCUT2D eigenvalue weighted by Gasteiger charge is -2.23. The molecular weight excluding hydrogens is 232 g/mol. The van der Waals surface area contributed by atoms with E-state index in [2.05, 4.69) is 4.90 Å². The zero-order valence-corrected chi connectivity index (χ0v) is 11.9. The number of rotatable bonds is 7. The third kappa shape index (κ3) is 5.33. The smallest absolute Gasteiger partial charge is 0.236 e. The molecule has 0 N–H and O–H groups in total. The maximum atomic E-state index is 11.7. The number of carbonyl (C=O) groups excluding carboxylic acids is 1. The number of carbonyl (C=O) groups is 1. The first-order chi connectivity index (χ1) is 8.67. The molecule has 0 aromatic rings. The molecule has 106 valence electrons. The van der Waals surface area contributed by atoms with Crippen LogP contribution < -0.4 is 0 Å². The highest BCUT2D eigenvalue weighted by Crippen LogP contribution is 2.07. The van der Waals surface area contributed by atoms with Gasteiger partial charge in [-0.2, -0.15) is 0 Å². The van der Waals surface area contributed by atoms with E-state index in [-0.39, 0.29) is 12.2 Å². The molecule has 1 fully saturated rings. The van der Waals surface area contributed by atoms with Crippen LogP contribution in [-0.4, -0.2) is 68.4 Å². The Morgan fingerprint density at radius 2 is 1.89 bits per heavy atom. The van der Waals surface area contributed by atoms with Gasteiger partial charge in [0.2, 0.25) is 5.91 Å². The molecule has 0 aromatic carbocycles. The van der Waals surface area contributed by atoms with Crippen LogP contribution in [0.3, 0.4) is 0 Å². The van der Waals surface area contributed by atoms with Gasteiger partial charge in [0.25, 0.3) is 0 Å². The van der Waals surface area contributed by atoms with Crippen molar-refractivity contribution in [2.45, 2.75) is 33.0 Å². The topological polar surface area (TPSA) is 42.0 Å². The number of likely N-dealkylation sites (N-methyl/N-ethyl adjacent to an activating group) is 1. The maximum absolute atomic E-state index is 11.7. The average molecular weight is 258 g/mol. The van der Waals surface area contributed by atoms with E-state index >= 15 is 0 Å². The minimum absolute atomic E-state index is 0.143. The van der Waals surface area contributed by atoms with Gasteiger partial charge in [-0.05, 0) is 20.3 Å². The molecule has 1 aliphatic rings. The van der Waals surface area contributed by atoms with Crippen LogP contribution in [-0.2, 0) is 14.3 Å². The van der Waals surface area contributed by atoms with Crippen LogP contribution in [0.25, 0.3) is 0 Å². The van der Waals surface area contributed by atoms with Crippen LogP contribution in [0.5, 0.6) is 0 Å². The van der Waals surface area contributed by atoms with Crippen LogP contribution in [0.1, 0.15) is 26.7 Å². The van der Waals surface area contributed by atoms with Crippen molar-refractivity contribution in [3.05, 3.63) is 0 Å². The van der Waals surface area contributed by atoms with Gasteiger partial charge < -0.3 is 14.4 Å². The molecule has 0 atom stereocenters. The summed E-state index contributed by atoms with van der Waals surface area (Å²) in [5.74, 6) is 0.205. The second-order valence-corrected chi connectivity index (χ2v) is 4.57. The fourth-order valence-electron chi connectivity index (χ4n) is 2.11. The molecule has 5 nitrogen and oxygen atoms in total. The van der Waals surface area contributed by atoms with E-state index in [1.807, 2.05) is 25.8 Å². The van der Waals surface area contributed by atoms with Gasteiger partial charge in [0, 0.05) is 46.3 Å². The van der Waals surface area contributed by atoms with E-state index in [9.17, 15) is 4.79 Å². The molecule has 1 heterocycles. The van der Waals surface area contributed by atoms with Crippen LogP contribution in [0.15, 0.2) is 0 Å². The van der Waals surface area contributed by atoms with E-state index in [1.54, 1.807) is 0 Å². The summed E-state index contributed by atoms with van der Waals surface area (Å²) in [6, 6.07) is 0. The molecule has 1 saturated heterocycles. The highest BCUT2D eigenvalue weighted by Gasteiger charge is 2.19. The maximum Gasteiger partial charge on any atom is 0.236 e. The first-order valence-electron chi connectivity index (χ1n) is 6.86. The van der Waals surface area contributed by atoms with Crippen molar-refractivity contribution in [2.24, 2.45) is 0 Å². The lowest BCUT2D eigenvalue weighted by atomic mass is 10.3. The quantitative estimate of drug-likeness (QED) is 0.637. The SMILES string of the molecule is CCOC(CCN1CCCN(C)C(=O)C1)OCC. The largest absolute Gasteiger partial charge is 0.353 e. The molecule has 5 heteroatoms. The zero-order valence-electron chi connectivity index (χ0n) is 11.9. The number of hydrogen-bond donors (Lipinski definition) is 0. The van der Waals surface area contributed by atoms with E-state index in [4.69, 9.17) is 9.47 Å². The van der Waals surface area contributed by atoms with Crippen molar-refractivity contribution in [1.29, 1.82) is 0 Å². The molecule has 0 radical (unpaired) electrons. The van der Waals surface area contributed by atoms with Gasteiger partial charge in [0.15, 0.2) is 6.29 Å². The number of amides is 1. The fourth-order valence-corrected chi connectivity index (χ4v) is 2.11. The monoisotopic (exact) mass is 258 g/mol. The summed E-state index contributed by atoms with van der Waals surface area (Å²) in [6.45, 7) is 8.45. The molecule has 0 spiro atoms. The van der Waals surface area contributed by atoms with Gasteiger partial charge in [-0.15, -0.1) is 0 Å². The Bertz CT molecular complexity index is 242. The summed E-state index contributed by atoms with van der Waals surface area (Å²) >= 11 is 0. The summed E-state index contributed by atoms with van der Waals surface area (Å²) in [5, 5.41) is 0. The summed E-state index contributed by atoms with van der Waals surface area (Å²) in [4.78, 5) is 15.7. The second kappa shape index (κ2) is 8.45. The van der Waals surface area contributed by atoms with Gasteiger partial charge in [0.05, 0.1) is 6.54 Å². The van der Waals surface area contributed by atoms with Crippen molar-refractivity contribution in [3.8, 4) is 0 Å². The van der Waals surface area contributed by atoms with Gasteiger partial charge in [-0.25, -0.2) is 0 Å². The number of hydrogen-bond acceptors (Lipinski definition) is 4. The predicted octanol–water partition coefficient (Wildman–Crippen LogP) is 0.940. The number of nitrogens with zero attached hydrogens (tertiary/aromatic N) is 2. The molecule has 0 unspecified atom stereocenters. The Labute approximate surface area is 110 Å². The molecule has 0 aliphatic carbocycles. The molecule has 18 heavy (non-hydrogen) atoms. The molecular formula is C13H26N2O3. The van der Waals surface area contributed by atoms with E-state index in [0.29, 0.717) is 19.8 Å². The Morgan fingerprint density at radius 1 is 1.22 bits per heavy atom. The van der Waals surface area contributed by atoms with E-state index < -0.39 is 0 Å². The summed E-state index contributed by atoms with van der Waals surface area (Å²) in [7, 11) is 1.87. The number of ether oxygens (including phenoxy) is 2. The first kappa shape index (κ1) is 15.4. The predicted molar refractivity (Wildman–Crippen MR) is 70.4 cm³/mol. The lowest BCUT2D eigenvalue weighted by molar-refractivity contribution is -0.143. The van der Waals surface area contributed by atoms with Gasteiger partial charge in [-0.1, -0.05) is 0 Å². The molecule has 0 bridgehead atoms. The van der Waals surface area contributed by atoms with Crippen molar-refractivity contribution in [3.63, 3.8) is 0 Å². The highest BCUT2D eigenvalue weighted by molar-refractivity contribution is 5.78. The minimum Gasteiger partial charge on any atom is -0.353 e. The molecule has 1 amide bonds. The van der Waals surface area contributed by atoms with Gasteiger partial charge in [0.1, 0.15) is 0 Å². The Kier molecular flexibility index (Phi) is 7.23. The minimum atomic E-state index is -0.143. The highest BCUT2D eigenvalue weighted by atomic mass is 16.7.